The quantitative estimate of drug-likeness (QED) is 0.519. The number of primary amides is 1. The molecule has 0 saturated carbocycles. The number of carboxylic acid groups (broad SMARTS) is 1. The summed E-state index contributed by atoms with van der Waals surface area (Å²) in [4.78, 5) is 31.5. The summed E-state index contributed by atoms with van der Waals surface area (Å²) in [5, 5.41) is 22.4. The molecule has 102 valence electrons. The molecule has 0 heterocycles. The highest BCUT2D eigenvalue weighted by Gasteiger charge is 2.20. The summed E-state index contributed by atoms with van der Waals surface area (Å²) in [5.74, 6) is -1.87. The molecule has 1 rings (SSSR count). The molecule has 4 N–H and O–H groups in total. The van der Waals surface area contributed by atoms with Crippen molar-refractivity contribution in [2.75, 3.05) is 5.32 Å². The van der Waals surface area contributed by atoms with Crippen LogP contribution in [0, 0.1) is 10.1 Å². The van der Waals surface area contributed by atoms with Gasteiger partial charge in [0.05, 0.1) is 4.92 Å². The van der Waals surface area contributed by atoms with Crippen LogP contribution >= 0.6 is 0 Å². The number of carbonyl (C=O) groups excluding carboxylic acids is 1. The summed E-state index contributed by atoms with van der Waals surface area (Å²) in [7, 11) is 0. The van der Waals surface area contributed by atoms with E-state index in [-0.39, 0.29) is 12.5 Å². The number of aromatic carboxylic acids is 1. The van der Waals surface area contributed by atoms with Crippen LogP contribution < -0.4 is 11.1 Å². The standard InChI is InChI=1S/C11H13N3O5/c1-6(4-10(12)15)13-7-2-3-8(11(16)17)9(5-7)14(18)19/h2-3,5-6,13H,4H2,1H3,(H2,12,15)(H,16,17). The van der Waals surface area contributed by atoms with Crippen LogP contribution in [0.2, 0.25) is 0 Å². The molecule has 0 fully saturated rings. The van der Waals surface area contributed by atoms with E-state index < -0.39 is 28.1 Å². The topological polar surface area (TPSA) is 136 Å². The van der Waals surface area contributed by atoms with Crippen LogP contribution in [0.3, 0.4) is 0 Å². The van der Waals surface area contributed by atoms with E-state index >= 15 is 0 Å². The lowest BCUT2D eigenvalue weighted by atomic mass is 10.1. The van der Waals surface area contributed by atoms with Crippen molar-refractivity contribution in [2.45, 2.75) is 19.4 Å². The van der Waals surface area contributed by atoms with E-state index in [1.165, 1.54) is 6.07 Å². The Kier molecular flexibility index (Phi) is 4.41. The first kappa shape index (κ1) is 14.4. The Labute approximate surface area is 108 Å². The number of anilines is 1. The van der Waals surface area contributed by atoms with E-state index in [4.69, 9.17) is 10.8 Å². The monoisotopic (exact) mass is 267 g/mol. The van der Waals surface area contributed by atoms with Crippen LogP contribution in [0.1, 0.15) is 23.7 Å². The number of hydrogen-bond acceptors (Lipinski definition) is 5. The first-order valence-electron chi connectivity index (χ1n) is 5.38. The maximum atomic E-state index is 10.8. The van der Waals surface area contributed by atoms with E-state index in [1.807, 2.05) is 0 Å². The van der Waals surface area contributed by atoms with Crippen LogP contribution in [0.5, 0.6) is 0 Å². The number of carboxylic acids is 1. The van der Waals surface area contributed by atoms with E-state index in [1.54, 1.807) is 6.92 Å². The first-order valence-corrected chi connectivity index (χ1v) is 5.38. The van der Waals surface area contributed by atoms with Crippen LogP contribution in [-0.2, 0) is 4.79 Å². The number of nitro groups is 1. The molecule has 1 atom stereocenters. The number of carbonyl (C=O) groups is 2. The van der Waals surface area contributed by atoms with E-state index in [0.717, 1.165) is 12.1 Å². The summed E-state index contributed by atoms with van der Waals surface area (Å²) in [6.07, 6.45) is 0.0640. The number of amides is 1. The average Bonchev–Trinajstić information content (AvgIpc) is 2.27. The molecule has 0 saturated heterocycles. The van der Waals surface area contributed by atoms with Gasteiger partial charge in [0.2, 0.25) is 5.91 Å². The van der Waals surface area contributed by atoms with E-state index in [0.29, 0.717) is 5.69 Å². The highest BCUT2D eigenvalue weighted by molar-refractivity contribution is 5.93. The molecule has 0 aliphatic rings. The fourth-order valence-electron chi connectivity index (χ4n) is 1.59. The molecule has 0 aromatic heterocycles. The van der Waals surface area contributed by atoms with E-state index in [2.05, 4.69) is 5.32 Å². The Morgan fingerprint density at radius 3 is 2.63 bits per heavy atom. The Bertz CT molecular complexity index is 529. The fraction of sp³-hybridized carbons (Fsp3) is 0.273. The fourth-order valence-corrected chi connectivity index (χ4v) is 1.59. The molecule has 1 unspecified atom stereocenters. The summed E-state index contributed by atoms with van der Waals surface area (Å²) >= 11 is 0. The van der Waals surface area contributed by atoms with Gasteiger partial charge in [-0.15, -0.1) is 0 Å². The zero-order valence-electron chi connectivity index (χ0n) is 10.1. The van der Waals surface area contributed by atoms with Crippen LogP contribution in [0.4, 0.5) is 11.4 Å². The van der Waals surface area contributed by atoms with Crippen molar-refractivity contribution < 1.29 is 19.6 Å². The van der Waals surface area contributed by atoms with Gasteiger partial charge in [0.1, 0.15) is 5.56 Å². The summed E-state index contributed by atoms with van der Waals surface area (Å²) in [6, 6.07) is 3.34. The van der Waals surface area contributed by atoms with Gasteiger partial charge < -0.3 is 16.2 Å². The predicted octanol–water partition coefficient (Wildman–Crippen LogP) is 0.969. The number of nitro benzene ring substituents is 1. The molecule has 8 heteroatoms. The minimum atomic E-state index is -1.37. The summed E-state index contributed by atoms with van der Waals surface area (Å²) in [5.41, 5.74) is 4.48. The minimum absolute atomic E-state index is 0.0640. The Hall–Kier alpha value is -2.64. The molecule has 1 aromatic carbocycles. The third kappa shape index (κ3) is 3.95. The molecule has 1 aromatic rings. The highest BCUT2D eigenvalue weighted by atomic mass is 16.6. The van der Waals surface area contributed by atoms with Crippen LogP contribution in [0.25, 0.3) is 0 Å². The first-order chi connectivity index (χ1) is 8.81. The summed E-state index contributed by atoms with van der Waals surface area (Å²) < 4.78 is 0. The molecular formula is C11H13N3O5. The lowest BCUT2D eigenvalue weighted by Gasteiger charge is -2.13. The minimum Gasteiger partial charge on any atom is -0.477 e. The number of nitrogens with one attached hydrogen (secondary N) is 1. The lowest BCUT2D eigenvalue weighted by Crippen LogP contribution is -2.24. The molecule has 0 bridgehead atoms. The Balaban J connectivity index is 2.99. The van der Waals surface area contributed by atoms with Crippen molar-refractivity contribution in [1.29, 1.82) is 0 Å². The number of nitrogens with two attached hydrogens (primary N) is 1. The molecule has 0 aliphatic carbocycles. The van der Waals surface area contributed by atoms with Crippen LogP contribution in [-0.4, -0.2) is 27.9 Å². The van der Waals surface area contributed by atoms with E-state index in [9.17, 15) is 19.7 Å². The summed E-state index contributed by atoms with van der Waals surface area (Å²) in [6.45, 7) is 1.68. The van der Waals surface area contributed by atoms with Gasteiger partial charge in [-0.05, 0) is 19.1 Å². The normalized spacial score (nSPS) is 11.6. The second kappa shape index (κ2) is 5.80. The highest BCUT2D eigenvalue weighted by Crippen LogP contribution is 2.23. The van der Waals surface area contributed by atoms with Gasteiger partial charge in [-0.25, -0.2) is 4.79 Å². The molecular weight excluding hydrogens is 254 g/mol. The number of benzene rings is 1. The smallest absolute Gasteiger partial charge is 0.342 e. The van der Waals surface area contributed by atoms with Crippen molar-refractivity contribution in [3.05, 3.63) is 33.9 Å². The molecule has 8 nitrogen and oxygen atoms in total. The molecule has 0 spiro atoms. The van der Waals surface area contributed by atoms with Gasteiger partial charge in [0.25, 0.3) is 5.69 Å². The van der Waals surface area contributed by atoms with Crippen molar-refractivity contribution in [3.8, 4) is 0 Å². The van der Waals surface area contributed by atoms with Gasteiger partial charge in [0.15, 0.2) is 0 Å². The SMILES string of the molecule is CC(CC(N)=O)Nc1ccc(C(=O)O)c([N+](=O)[O-])c1. The van der Waals surface area contributed by atoms with Crippen molar-refractivity contribution >= 4 is 23.3 Å². The second-order valence-corrected chi connectivity index (χ2v) is 4.01. The molecule has 19 heavy (non-hydrogen) atoms. The van der Waals surface area contributed by atoms with Crippen molar-refractivity contribution in [1.82, 2.24) is 0 Å². The maximum absolute atomic E-state index is 10.8. The van der Waals surface area contributed by atoms with Gasteiger partial charge in [0, 0.05) is 24.2 Å². The van der Waals surface area contributed by atoms with Gasteiger partial charge in [-0.3, -0.25) is 14.9 Å². The van der Waals surface area contributed by atoms with Gasteiger partial charge in [-0.1, -0.05) is 0 Å². The number of hydrogen-bond donors (Lipinski definition) is 3. The lowest BCUT2D eigenvalue weighted by molar-refractivity contribution is -0.385. The zero-order chi connectivity index (χ0) is 14.6. The molecule has 1 amide bonds. The third-order valence-corrected chi connectivity index (χ3v) is 2.35. The second-order valence-electron chi connectivity index (χ2n) is 4.01. The largest absolute Gasteiger partial charge is 0.477 e. The average molecular weight is 267 g/mol. The molecule has 0 radical (unpaired) electrons. The van der Waals surface area contributed by atoms with Gasteiger partial charge >= 0.3 is 5.97 Å². The number of rotatable bonds is 6. The zero-order valence-corrected chi connectivity index (χ0v) is 10.1. The van der Waals surface area contributed by atoms with Crippen LogP contribution in [0.15, 0.2) is 18.2 Å². The number of nitrogens with zero attached hydrogens (tertiary/aromatic N) is 1. The third-order valence-electron chi connectivity index (χ3n) is 2.35. The molecule has 0 aliphatic heterocycles. The predicted molar refractivity (Wildman–Crippen MR) is 67.0 cm³/mol. The van der Waals surface area contributed by atoms with Crippen molar-refractivity contribution in [2.24, 2.45) is 5.73 Å². The van der Waals surface area contributed by atoms with Gasteiger partial charge in [-0.2, -0.15) is 0 Å². The maximum Gasteiger partial charge on any atom is 0.342 e. The Morgan fingerprint density at radius 2 is 2.16 bits per heavy atom. The Morgan fingerprint density at radius 1 is 1.53 bits per heavy atom. The van der Waals surface area contributed by atoms with Crippen molar-refractivity contribution in [3.63, 3.8) is 0 Å².